The summed E-state index contributed by atoms with van der Waals surface area (Å²) in [6, 6.07) is 0. The van der Waals surface area contributed by atoms with Gasteiger partial charge in [-0.15, -0.1) is 0 Å². The summed E-state index contributed by atoms with van der Waals surface area (Å²) < 4.78 is 2.13. The molecule has 0 bridgehead atoms. The third kappa shape index (κ3) is 2.85. The van der Waals surface area contributed by atoms with Crippen LogP contribution in [0.3, 0.4) is 0 Å². The smallest absolute Gasteiger partial charge is 0.306 e. The van der Waals surface area contributed by atoms with Gasteiger partial charge in [0.05, 0.1) is 17.9 Å². The van der Waals surface area contributed by atoms with E-state index in [0.29, 0.717) is 0 Å². The van der Waals surface area contributed by atoms with E-state index in [9.17, 15) is 4.79 Å². The minimum absolute atomic E-state index is 0.151. The Morgan fingerprint density at radius 3 is 2.82 bits per heavy atom. The first-order valence-electron chi connectivity index (χ1n) is 6.15. The van der Waals surface area contributed by atoms with Gasteiger partial charge in [0.2, 0.25) is 0 Å². The molecule has 0 aliphatic carbocycles. The van der Waals surface area contributed by atoms with E-state index in [-0.39, 0.29) is 5.92 Å². The van der Waals surface area contributed by atoms with Crippen LogP contribution in [0.15, 0.2) is 12.5 Å². The van der Waals surface area contributed by atoms with E-state index in [1.54, 1.807) is 0 Å². The normalized spacial score (nSPS) is 18.4. The molecule has 1 aromatic rings. The van der Waals surface area contributed by atoms with Crippen molar-refractivity contribution in [3.8, 4) is 0 Å². The molecular weight excluding hydrogens is 218 g/mol. The molecule has 2 rings (SSSR count). The number of piperidine rings is 1. The Labute approximate surface area is 101 Å². The Bertz CT molecular complexity index is 381. The maximum Gasteiger partial charge on any atom is 0.306 e. The van der Waals surface area contributed by atoms with E-state index < -0.39 is 5.97 Å². The first kappa shape index (κ1) is 12.1. The van der Waals surface area contributed by atoms with Gasteiger partial charge in [0.25, 0.3) is 0 Å². The van der Waals surface area contributed by atoms with Crippen molar-refractivity contribution in [2.24, 2.45) is 5.92 Å². The molecule has 0 amide bonds. The summed E-state index contributed by atoms with van der Waals surface area (Å²) in [4.78, 5) is 17.3. The zero-order valence-electron chi connectivity index (χ0n) is 10.2. The molecule has 0 atom stereocenters. The van der Waals surface area contributed by atoms with Gasteiger partial charge in [0.15, 0.2) is 0 Å². The third-order valence-electron chi connectivity index (χ3n) is 3.46. The largest absolute Gasteiger partial charge is 0.481 e. The second-order valence-corrected chi connectivity index (χ2v) is 4.56. The topological polar surface area (TPSA) is 58.4 Å². The predicted octanol–water partition coefficient (Wildman–Crippen LogP) is 1.20. The number of carboxylic acid groups (broad SMARTS) is 1. The number of likely N-dealkylation sites (tertiary alicyclic amines) is 1. The average molecular weight is 237 g/mol. The summed E-state index contributed by atoms with van der Waals surface area (Å²) in [6.45, 7) is 5.64. The predicted molar refractivity (Wildman–Crippen MR) is 63.5 cm³/mol. The van der Waals surface area contributed by atoms with Gasteiger partial charge in [-0.3, -0.25) is 9.69 Å². The molecule has 5 nitrogen and oxygen atoms in total. The van der Waals surface area contributed by atoms with Gasteiger partial charge in [-0.2, -0.15) is 0 Å². The number of nitrogens with zero attached hydrogens (tertiary/aromatic N) is 3. The quantitative estimate of drug-likeness (QED) is 0.855. The van der Waals surface area contributed by atoms with E-state index in [0.717, 1.165) is 39.0 Å². The molecule has 5 heteroatoms. The van der Waals surface area contributed by atoms with Crippen LogP contribution >= 0.6 is 0 Å². The Hall–Kier alpha value is -1.36. The molecule has 1 N–H and O–H groups in total. The molecule has 2 heterocycles. The second-order valence-electron chi connectivity index (χ2n) is 4.56. The number of aryl methyl sites for hydroxylation is 1. The highest BCUT2D eigenvalue weighted by molar-refractivity contribution is 5.70. The van der Waals surface area contributed by atoms with Gasteiger partial charge in [-0.1, -0.05) is 0 Å². The maximum absolute atomic E-state index is 10.8. The minimum Gasteiger partial charge on any atom is -0.481 e. The van der Waals surface area contributed by atoms with Gasteiger partial charge in [-0.25, -0.2) is 4.98 Å². The molecule has 1 saturated heterocycles. The Balaban J connectivity index is 1.88. The first-order chi connectivity index (χ1) is 8.20. The van der Waals surface area contributed by atoms with Gasteiger partial charge in [-0.05, 0) is 32.9 Å². The fraction of sp³-hybridized carbons (Fsp3) is 0.667. The van der Waals surface area contributed by atoms with Crippen LogP contribution in [-0.2, 0) is 17.9 Å². The number of aliphatic carboxylic acids is 1. The summed E-state index contributed by atoms with van der Waals surface area (Å²) in [6.07, 6.45) is 5.26. The van der Waals surface area contributed by atoms with Crippen molar-refractivity contribution in [2.45, 2.75) is 32.9 Å². The number of carboxylic acids is 1. The van der Waals surface area contributed by atoms with Crippen LogP contribution in [0, 0.1) is 5.92 Å². The molecule has 0 saturated carbocycles. The number of imidazole rings is 1. The molecule has 17 heavy (non-hydrogen) atoms. The molecule has 1 aliphatic rings. The second kappa shape index (κ2) is 5.31. The number of aromatic nitrogens is 2. The molecule has 0 radical (unpaired) electrons. The Kier molecular flexibility index (Phi) is 3.78. The molecule has 0 spiro atoms. The number of hydrogen-bond acceptors (Lipinski definition) is 3. The molecule has 1 aliphatic heterocycles. The van der Waals surface area contributed by atoms with E-state index in [1.807, 2.05) is 12.5 Å². The van der Waals surface area contributed by atoms with E-state index in [2.05, 4.69) is 21.4 Å². The van der Waals surface area contributed by atoms with E-state index in [1.165, 1.54) is 5.69 Å². The van der Waals surface area contributed by atoms with Crippen molar-refractivity contribution in [1.29, 1.82) is 0 Å². The molecule has 94 valence electrons. The molecule has 0 aromatic carbocycles. The molecule has 1 aromatic heterocycles. The highest BCUT2D eigenvalue weighted by Gasteiger charge is 2.24. The fourth-order valence-electron chi connectivity index (χ4n) is 2.33. The van der Waals surface area contributed by atoms with Crippen LogP contribution in [-0.4, -0.2) is 38.6 Å². The standard InChI is InChI=1S/C12H19N3O2/c1-2-15-9-13-7-11(15)8-14-5-3-10(4-6-14)12(16)17/h7,9-10H,2-6,8H2,1H3,(H,16,17). The lowest BCUT2D eigenvalue weighted by Crippen LogP contribution is -2.36. The van der Waals surface area contributed by atoms with Crippen LogP contribution in [0.5, 0.6) is 0 Å². The lowest BCUT2D eigenvalue weighted by Gasteiger charge is -2.29. The minimum atomic E-state index is -0.650. The van der Waals surface area contributed by atoms with Gasteiger partial charge in [0.1, 0.15) is 0 Å². The van der Waals surface area contributed by atoms with E-state index in [4.69, 9.17) is 5.11 Å². The number of hydrogen-bond donors (Lipinski definition) is 1. The van der Waals surface area contributed by atoms with Crippen molar-refractivity contribution >= 4 is 5.97 Å². The Morgan fingerprint density at radius 1 is 1.53 bits per heavy atom. The molecule has 0 unspecified atom stereocenters. The third-order valence-corrected chi connectivity index (χ3v) is 3.46. The number of rotatable bonds is 4. The Morgan fingerprint density at radius 2 is 2.24 bits per heavy atom. The average Bonchev–Trinajstić information content (AvgIpc) is 2.77. The van der Waals surface area contributed by atoms with Crippen molar-refractivity contribution in [2.75, 3.05) is 13.1 Å². The monoisotopic (exact) mass is 237 g/mol. The van der Waals surface area contributed by atoms with Gasteiger partial charge in [0, 0.05) is 19.3 Å². The summed E-state index contributed by atoms with van der Waals surface area (Å²) in [5, 5.41) is 8.93. The van der Waals surface area contributed by atoms with E-state index >= 15 is 0 Å². The number of carbonyl (C=O) groups is 1. The van der Waals surface area contributed by atoms with Crippen LogP contribution in [0.4, 0.5) is 0 Å². The van der Waals surface area contributed by atoms with Crippen LogP contribution in [0.1, 0.15) is 25.5 Å². The summed E-state index contributed by atoms with van der Waals surface area (Å²) in [5.74, 6) is -0.800. The van der Waals surface area contributed by atoms with Crippen molar-refractivity contribution in [3.63, 3.8) is 0 Å². The zero-order valence-corrected chi connectivity index (χ0v) is 10.2. The van der Waals surface area contributed by atoms with Crippen LogP contribution in [0.2, 0.25) is 0 Å². The SMILES string of the molecule is CCn1cncc1CN1CCC(C(=O)O)CC1. The first-order valence-corrected chi connectivity index (χ1v) is 6.15. The lowest BCUT2D eigenvalue weighted by atomic mass is 9.97. The summed E-state index contributed by atoms with van der Waals surface area (Å²) in [7, 11) is 0. The van der Waals surface area contributed by atoms with Crippen molar-refractivity contribution in [1.82, 2.24) is 14.5 Å². The van der Waals surface area contributed by atoms with Crippen LogP contribution in [0.25, 0.3) is 0 Å². The van der Waals surface area contributed by atoms with Crippen molar-refractivity contribution < 1.29 is 9.90 Å². The zero-order chi connectivity index (χ0) is 12.3. The molecule has 1 fully saturated rings. The lowest BCUT2D eigenvalue weighted by molar-refractivity contribution is -0.143. The van der Waals surface area contributed by atoms with Crippen molar-refractivity contribution in [3.05, 3.63) is 18.2 Å². The molecular formula is C12H19N3O2. The summed E-state index contributed by atoms with van der Waals surface area (Å²) in [5.41, 5.74) is 1.21. The summed E-state index contributed by atoms with van der Waals surface area (Å²) >= 11 is 0. The van der Waals surface area contributed by atoms with Gasteiger partial charge < -0.3 is 9.67 Å². The maximum atomic E-state index is 10.8. The fourth-order valence-corrected chi connectivity index (χ4v) is 2.33. The van der Waals surface area contributed by atoms with Crippen LogP contribution < -0.4 is 0 Å². The van der Waals surface area contributed by atoms with Gasteiger partial charge >= 0.3 is 5.97 Å². The highest BCUT2D eigenvalue weighted by atomic mass is 16.4. The highest BCUT2D eigenvalue weighted by Crippen LogP contribution is 2.18.